The van der Waals surface area contributed by atoms with Gasteiger partial charge in [-0.25, -0.2) is 10.1 Å². The van der Waals surface area contributed by atoms with Crippen LogP contribution in [-0.2, 0) is 6.61 Å². The van der Waals surface area contributed by atoms with Gasteiger partial charge in [-0.2, -0.15) is 9.90 Å². The average Bonchev–Trinajstić information content (AvgIpc) is 3.26. The summed E-state index contributed by atoms with van der Waals surface area (Å²) >= 11 is 0. The van der Waals surface area contributed by atoms with Crippen LogP contribution in [0.1, 0.15) is 11.4 Å². The van der Waals surface area contributed by atoms with E-state index < -0.39 is 0 Å². The Bertz CT molecular complexity index is 1070. The molecule has 0 aliphatic heterocycles. The van der Waals surface area contributed by atoms with E-state index in [-0.39, 0.29) is 6.61 Å². The number of nitrogens with two attached hydrogens (primary N) is 1. The van der Waals surface area contributed by atoms with E-state index in [9.17, 15) is 0 Å². The molecular weight excluding hydrogens is 336 g/mol. The van der Waals surface area contributed by atoms with Crippen LogP contribution in [0.25, 0.3) is 16.9 Å². The molecule has 10 heteroatoms. The van der Waals surface area contributed by atoms with Crippen molar-refractivity contribution in [1.29, 1.82) is 0 Å². The van der Waals surface area contributed by atoms with Gasteiger partial charge >= 0.3 is 0 Å². The first-order chi connectivity index (χ1) is 12.6. The van der Waals surface area contributed by atoms with Gasteiger partial charge in [0.15, 0.2) is 16.9 Å². The van der Waals surface area contributed by atoms with Crippen molar-refractivity contribution in [3.63, 3.8) is 0 Å². The molecule has 0 bridgehead atoms. The molecule has 0 unspecified atom stereocenters. The number of aryl methyl sites for hydroxylation is 1. The maximum absolute atomic E-state index is 5.84. The fourth-order valence-corrected chi connectivity index (χ4v) is 2.48. The SMILES string of the molecule is COc1cccc(-n2nc(C)c(COc3cc(N)nc4[nH]nnc34)n2)c1. The molecule has 0 spiro atoms. The lowest BCUT2D eigenvalue weighted by atomic mass is 10.3. The number of nitrogen functional groups attached to an aromatic ring is 1. The summed E-state index contributed by atoms with van der Waals surface area (Å²) in [6, 6.07) is 9.10. The van der Waals surface area contributed by atoms with Crippen LogP contribution in [0.2, 0.25) is 0 Å². The molecule has 3 N–H and O–H groups in total. The van der Waals surface area contributed by atoms with Gasteiger partial charge in [0.25, 0.3) is 0 Å². The van der Waals surface area contributed by atoms with Crippen molar-refractivity contribution in [2.45, 2.75) is 13.5 Å². The number of nitrogens with one attached hydrogen (secondary N) is 1. The third-order valence-electron chi connectivity index (χ3n) is 3.81. The highest BCUT2D eigenvalue weighted by Crippen LogP contribution is 2.24. The summed E-state index contributed by atoms with van der Waals surface area (Å²) in [5, 5.41) is 19.3. The third-order valence-corrected chi connectivity index (χ3v) is 3.81. The van der Waals surface area contributed by atoms with Crippen LogP contribution in [0.15, 0.2) is 30.3 Å². The topological polar surface area (TPSA) is 130 Å². The molecule has 132 valence electrons. The van der Waals surface area contributed by atoms with Gasteiger partial charge in [-0.1, -0.05) is 11.3 Å². The van der Waals surface area contributed by atoms with Crippen LogP contribution in [-0.4, -0.2) is 42.5 Å². The molecule has 3 heterocycles. The molecule has 4 aromatic rings. The van der Waals surface area contributed by atoms with Crippen molar-refractivity contribution in [3.8, 4) is 17.2 Å². The number of anilines is 1. The van der Waals surface area contributed by atoms with Gasteiger partial charge in [0, 0.05) is 12.1 Å². The summed E-state index contributed by atoms with van der Waals surface area (Å²) in [6.45, 7) is 2.08. The van der Waals surface area contributed by atoms with Crippen molar-refractivity contribution in [2.75, 3.05) is 12.8 Å². The second-order valence-electron chi connectivity index (χ2n) is 5.57. The third kappa shape index (κ3) is 2.88. The fourth-order valence-electron chi connectivity index (χ4n) is 2.48. The van der Waals surface area contributed by atoms with Crippen molar-refractivity contribution >= 4 is 17.0 Å². The van der Waals surface area contributed by atoms with Crippen molar-refractivity contribution in [1.82, 2.24) is 35.4 Å². The first-order valence-corrected chi connectivity index (χ1v) is 7.81. The Labute approximate surface area is 147 Å². The van der Waals surface area contributed by atoms with Crippen LogP contribution in [0, 0.1) is 6.92 Å². The quantitative estimate of drug-likeness (QED) is 0.551. The van der Waals surface area contributed by atoms with Crippen LogP contribution >= 0.6 is 0 Å². The highest BCUT2D eigenvalue weighted by atomic mass is 16.5. The van der Waals surface area contributed by atoms with E-state index in [0.29, 0.717) is 28.4 Å². The number of ether oxygens (including phenoxy) is 2. The summed E-state index contributed by atoms with van der Waals surface area (Å²) in [6.07, 6.45) is 0. The molecule has 0 fully saturated rings. The number of hydrogen-bond donors (Lipinski definition) is 2. The molecule has 0 amide bonds. The number of pyridine rings is 1. The zero-order valence-electron chi connectivity index (χ0n) is 14.2. The molecule has 0 saturated carbocycles. The number of rotatable bonds is 5. The minimum Gasteiger partial charge on any atom is -0.497 e. The maximum Gasteiger partial charge on any atom is 0.181 e. The van der Waals surface area contributed by atoms with Crippen LogP contribution in [0.3, 0.4) is 0 Å². The molecule has 0 aliphatic carbocycles. The molecule has 1 aromatic carbocycles. The number of methoxy groups -OCH3 is 1. The second-order valence-corrected chi connectivity index (χ2v) is 5.57. The van der Waals surface area contributed by atoms with Gasteiger partial charge in [0.2, 0.25) is 0 Å². The monoisotopic (exact) mass is 352 g/mol. The van der Waals surface area contributed by atoms with E-state index in [0.717, 1.165) is 17.1 Å². The van der Waals surface area contributed by atoms with Crippen LogP contribution in [0.5, 0.6) is 11.5 Å². The van der Waals surface area contributed by atoms with Gasteiger partial charge in [-0.15, -0.1) is 10.2 Å². The number of hydrogen-bond acceptors (Lipinski definition) is 8. The zero-order chi connectivity index (χ0) is 18.1. The van der Waals surface area contributed by atoms with E-state index in [1.54, 1.807) is 18.0 Å². The zero-order valence-corrected chi connectivity index (χ0v) is 14.2. The largest absolute Gasteiger partial charge is 0.497 e. The number of aromatic nitrogens is 7. The Morgan fingerprint density at radius 1 is 1.23 bits per heavy atom. The standard InChI is InChI=1S/C16H16N8O2/c1-9-12(22-24(21-9)10-4-3-5-11(6-10)25-2)8-26-13-7-14(17)18-16-15(13)19-23-20-16/h3-7H,8H2,1-2H3,(H3,17,18,19,20,23). The fraction of sp³-hybridized carbons (Fsp3) is 0.188. The molecular formula is C16H16N8O2. The minimum absolute atomic E-state index is 0.210. The van der Waals surface area contributed by atoms with E-state index >= 15 is 0 Å². The van der Waals surface area contributed by atoms with Gasteiger partial charge in [-0.05, 0) is 19.1 Å². The average molecular weight is 352 g/mol. The van der Waals surface area contributed by atoms with E-state index in [1.807, 2.05) is 31.2 Å². The molecule has 10 nitrogen and oxygen atoms in total. The first-order valence-electron chi connectivity index (χ1n) is 7.81. The molecule has 26 heavy (non-hydrogen) atoms. The normalized spacial score (nSPS) is 11.0. The molecule has 0 atom stereocenters. The Hall–Kier alpha value is -3.69. The van der Waals surface area contributed by atoms with Gasteiger partial charge in [-0.3, -0.25) is 0 Å². The van der Waals surface area contributed by atoms with Gasteiger partial charge in [0.1, 0.15) is 23.9 Å². The van der Waals surface area contributed by atoms with Crippen molar-refractivity contribution in [3.05, 3.63) is 41.7 Å². The Balaban J connectivity index is 1.59. The highest BCUT2D eigenvalue weighted by Gasteiger charge is 2.13. The number of H-pyrrole nitrogens is 1. The lowest BCUT2D eigenvalue weighted by Gasteiger charge is -2.05. The number of fused-ring (bicyclic) bond motifs is 1. The smallest absolute Gasteiger partial charge is 0.181 e. The summed E-state index contributed by atoms with van der Waals surface area (Å²) in [5.74, 6) is 1.53. The van der Waals surface area contributed by atoms with E-state index in [4.69, 9.17) is 15.2 Å². The Kier molecular flexibility index (Phi) is 3.84. The predicted molar refractivity (Wildman–Crippen MR) is 93.1 cm³/mol. The minimum atomic E-state index is 0.210. The summed E-state index contributed by atoms with van der Waals surface area (Å²) < 4.78 is 11.1. The van der Waals surface area contributed by atoms with Crippen molar-refractivity contribution < 1.29 is 9.47 Å². The first kappa shape index (κ1) is 15.8. The highest BCUT2D eigenvalue weighted by molar-refractivity contribution is 5.78. The van der Waals surface area contributed by atoms with Gasteiger partial charge < -0.3 is 15.2 Å². The lowest BCUT2D eigenvalue weighted by Crippen LogP contribution is -2.02. The molecule has 0 aliphatic rings. The predicted octanol–water partition coefficient (Wildman–Crippen LogP) is 1.41. The Morgan fingerprint density at radius 2 is 2.12 bits per heavy atom. The summed E-state index contributed by atoms with van der Waals surface area (Å²) in [4.78, 5) is 5.65. The second kappa shape index (κ2) is 6.31. The summed E-state index contributed by atoms with van der Waals surface area (Å²) in [5.41, 5.74) is 9.01. The molecule has 3 aromatic heterocycles. The number of aromatic amines is 1. The molecule has 0 saturated heterocycles. The van der Waals surface area contributed by atoms with E-state index in [1.165, 1.54) is 0 Å². The lowest BCUT2D eigenvalue weighted by molar-refractivity contribution is 0.303. The van der Waals surface area contributed by atoms with Crippen LogP contribution in [0.4, 0.5) is 5.82 Å². The Morgan fingerprint density at radius 3 is 2.96 bits per heavy atom. The molecule has 0 radical (unpaired) electrons. The number of nitrogens with zero attached hydrogens (tertiary/aromatic N) is 6. The maximum atomic E-state index is 5.84. The number of benzene rings is 1. The van der Waals surface area contributed by atoms with Crippen LogP contribution < -0.4 is 15.2 Å². The van der Waals surface area contributed by atoms with E-state index in [2.05, 4.69) is 30.6 Å². The van der Waals surface area contributed by atoms with Gasteiger partial charge in [0.05, 0.1) is 18.5 Å². The summed E-state index contributed by atoms with van der Waals surface area (Å²) in [7, 11) is 1.62. The molecule has 4 rings (SSSR count). The van der Waals surface area contributed by atoms with Crippen molar-refractivity contribution in [2.24, 2.45) is 0 Å².